The van der Waals surface area contributed by atoms with E-state index in [1.165, 1.54) is 0 Å². The Labute approximate surface area is 164 Å². The quantitative estimate of drug-likeness (QED) is 0.725. The Bertz CT molecular complexity index is 801. The second-order valence-corrected chi connectivity index (χ2v) is 8.30. The molecule has 1 aliphatic carbocycles. The van der Waals surface area contributed by atoms with Crippen LogP contribution in [0.5, 0.6) is 5.75 Å². The zero-order valence-corrected chi connectivity index (χ0v) is 16.8. The van der Waals surface area contributed by atoms with Crippen molar-refractivity contribution >= 4 is 27.0 Å². The van der Waals surface area contributed by atoms with Gasteiger partial charge in [0.2, 0.25) is 0 Å². The van der Waals surface area contributed by atoms with E-state index >= 15 is 0 Å². The first-order valence-corrected chi connectivity index (χ1v) is 9.64. The summed E-state index contributed by atoms with van der Waals surface area (Å²) < 4.78 is 46.3. The Morgan fingerprint density at radius 1 is 1.41 bits per heavy atom. The molecular formula is C18H23BrF3N3O2. The number of fused-ring (bicyclic) bond motifs is 1. The molecule has 0 amide bonds. The number of nitrogens with one attached hydrogen (secondary N) is 1. The minimum atomic E-state index is -4.60. The molecule has 1 aromatic carbocycles. The largest absolute Gasteiger partial charge is 0.490 e. The van der Waals surface area contributed by atoms with Gasteiger partial charge in [-0.3, -0.25) is 0 Å². The normalized spacial score (nSPS) is 24.9. The highest BCUT2D eigenvalue weighted by Crippen LogP contribution is 2.34. The molecule has 5 nitrogen and oxygen atoms in total. The van der Waals surface area contributed by atoms with E-state index in [1.807, 2.05) is 30.7 Å². The van der Waals surface area contributed by atoms with Gasteiger partial charge in [-0.05, 0) is 54.6 Å². The molecule has 150 valence electrons. The smallest absolute Gasteiger partial charge is 0.415 e. The Morgan fingerprint density at radius 3 is 2.70 bits per heavy atom. The number of rotatable bonds is 5. The summed E-state index contributed by atoms with van der Waals surface area (Å²) in [5.41, 5.74) is 1.40. The summed E-state index contributed by atoms with van der Waals surface area (Å²) in [6, 6.07) is 3.83. The van der Waals surface area contributed by atoms with Crippen molar-refractivity contribution in [2.45, 2.75) is 56.5 Å². The second kappa shape index (κ2) is 7.60. The predicted molar refractivity (Wildman–Crippen MR) is 99.8 cm³/mol. The highest BCUT2D eigenvalue weighted by Gasteiger charge is 2.40. The van der Waals surface area contributed by atoms with E-state index in [9.17, 15) is 18.3 Å². The van der Waals surface area contributed by atoms with Crippen molar-refractivity contribution in [1.82, 2.24) is 14.9 Å². The van der Waals surface area contributed by atoms with Gasteiger partial charge in [-0.2, -0.15) is 13.2 Å². The summed E-state index contributed by atoms with van der Waals surface area (Å²) in [7, 11) is 1.92. The number of hydrogen-bond donors (Lipinski definition) is 2. The lowest BCUT2D eigenvalue weighted by atomic mass is 9.81. The molecule has 27 heavy (non-hydrogen) atoms. The molecule has 1 saturated carbocycles. The lowest BCUT2D eigenvalue weighted by Gasteiger charge is -2.39. The van der Waals surface area contributed by atoms with Crippen LogP contribution in [-0.2, 0) is 7.05 Å². The molecular weight excluding hydrogens is 427 g/mol. The van der Waals surface area contributed by atoms with Crippen LogP contribution in [-0.4, -0.2) is 45.1 Å². The predicted octanol–water partition coefficient (Wildman–Crippen LogP) is 3.93. The van der Waals surface area contributed by atoms with Gasteiger partial charge >= 0.3 is 6.18 Å². The van der Waals surface area contributed by atoms with Crippen molar-refractivity contribution in [3.8, 4) is 5.75 Å². The van der Waals surface area contributed by atoms with E-state index in [1.54, 1.807) is 6.33 Å². The third-order valence-corrected chi connectivity index (χ3v) is 5.80. The van der Waals surface area contributed by atoms with Gasteiger partial charge in [-0.1, -0.05) is 0 Å². The maximum atomic E-state index is 12.5. The van der Waals surface area contributed by atoms with Crippen LogP contribution >= 0.6 is 15.9 Å². The highest BCUT2D eigenvalue weighted by atomic mass is 79.9. The molecule has 0 bridgehead atoms. The maximum absolute atomic E-state index is 12.5. The van der Waals surface area contributed by atoms with Crippen molar-refractivity contribution < 1.29 is 23.0 Å². The number of β-amino-alcohol motifs (C(OH)–C–C–N with tert-alkyl or cyclic N) is 1. The van der Waals surface area contributed by atoms with Crippen LogP contribution in [0.4, 0.5) is 13.2 Å². The van der Waals surface area contributed by atoms with Crippen molar-refractivity contribution in [2.24, 2.45) is 7.05 Å². The number of nitrogens with zero attached hydrogens (tertiary/aromatic N) is 2. The molecule has 1 aromatic heterocycles. The summed E-state index contributed by atoms with van der Waals surface area (Å²) in [5.74, 6) is 0.743. The van der Waals surface area contributed by atoms with Gasteiger partial charge in [0.25, 0.3) is 0 Å². The first-order chi connectivity index (χ1) is 12.6. The topological polar surface area (TPSA) is 59.3 Å². The molecule has 9 heteroatoms. The number of aromatic nitrogens is 2. The first kappa shape index (κ1) is 20.4. The Balaban J connectivity index is 1.57. The molecule has 0 unspecified atom stereocenters. The van der Waals surface area contributed by atoms with Crippen LogP contribution in [0, 0.1) is 0 Å². The third kappa shape index (κ3) is 4.75. The van der Waals surface area contributed by atoms with Gasteiger partial charge < -0.3 is 19.7 Å². The highest BCUT2D eigenvalue weighted by molar-refractivity contribution is 9.10. The molecule has 0 spiro atoms. The number of hydrogen-bond acceptors (Lipinski definition) is 4. The number of aliphatic hydroxyl groups excluding tert-OH is 1. The fourth-order valence-electron chi connectivity index (χ4n) is 3.41. The van der Waals surface area contributed by atoms with Gasteiger partial charge in [0.1, 0.15) is 11.3 Å². The number of ether oxygens (including phenoxy) is 1. The van der Waals surface area contributed by atoms with E-state index < -0.39 is 24.4 Å². The van der Waals surface area contributed by atoms with Crippen molar-refractivity contribution in [3.05, 3.63) is 22.9 Å². The van der Waals surface area contributed by atoms with Gasteiger partial charge in [-0.25, -0.2) is 4.98 Å². The first-order valence-electron chi connectivity index (χ1n) is 8.84. The maximum Gasteiger partial charge on any atom is 0.415 e. The molecule has 1 fully saturated rings. The summed E-state index contributed by atoms with van der Waals surface area (Å²) in [5, 5.41) is 12.1. The van der Waals surface area contributed by atoms with Gasteiger partial charge in [0.05, 0.1) is 17.9 Å². The molecule has 0 saturated heterocycles. The van der Waals surface area contributed by atoms with Crippen molar-refractivity contribution in [1.29, 1.82) is 0 Å². The zero-order valence-electron chi connectivity index (χ0n) is 15.2. The average Bonchev–Trinajstić information content (AvgIpc) is 2.96. The van der Waals surface area contributed by atoms with E-state index in [4.69, 9.17) is 4.74 Å². The van der Waals surface area contributed by atoms with Crippen LogP contribution < -0.4 is 10.1 Å². The fraction of sp³-hybridized carbons (Fsp3) is 0.611. The van der Waals surface area contributed by atoms with Crippen molar-refractivity contribution in [3.63, 3.8) is 0 Å². The number of aryl methyl sites for hydroxylation is 1. The fourth-order valence-corrected chi connectivity index (χ4v) is 3.94. The zero-order chi connectivity index (χ0) is 19.8. The summed E-state index contributed by atoms with van der Waals surface area (Å²) in [6.07, 6.45) is -2.38. The van der Waals surface area contributed by atoms with Crippen LogP contribution in [0.2, 0.25) is 0 Å². The van der Waals surface area contributed by atoms with Crippen molar-refractivity contribution in [2.75, 3.05) is 6.54 Å². The molecule has 1 atom stereocenters. The molecule has 2 aromatic rings. The van der Waals surface area contributed by atoms with E-state index in [2.05, 4.69) is 26.2 Å². The van der Waals surface area contributed by atoms with Crippen LogP contribution in [0.25, 0.3) is 11.0 Å². The molecule has 1 aliphatic rings. The third-order valence-electron chi connectivity index (χ3n) is 5.20. The molecule has 1 heterocycles. The number of alkyl halides is 3. The van der Waals surface area contributed by atoms with Crippen LogP contribution in [0.15, 0.2) is 22.9 Å². The van der Waals surface area contributed by atoms with Crippen LogP contribution in [0.3, 0.4) is 0 Å². The number of imidazole rings is 1. The molecule has 2 N–H and O–H groups in total. The second-order valence-electron chi connectivity index (χ2n) is 7.44. The lowest BCUT2D eigenvalue weighted by molar-refractivity contribution is -0.203. The number of benzene rings is 1. The Hall–Kier alpha value is -1.32. The van der Waals surface area contributed by atoms with Gasteiger partial charge in [0, 0.05) is 29.7 Å². The van der Waals surface area contributed by atoms with E-state index in [-0.39, 0.29) is 6.10 Å². The Morgan fingerprint density at radius 2 is 2.07 bits per heavy atom. The average molecular weight is 450 g/mol. The number of aliphatic hydroxyl groups is 1. The van der Waals surface area contributed by atoms with Gasteiger partial charge in [-0.15, -0.1) is 0 Å². The monoisotopic (exact) mass is 449 g/mol. The van der Waals surface area contributed by atoms with Gasteiger partial charge in [0.15, 0.2) is 6.10 Å². The summed E-state index contributed by atoms with van der Waals surface area (Å²) >= 11 is 3.51. The minimum Gasteiger partial charge on any atom is -0.490 e. The Kier molecular flexibility index (Phi) is 5.74. The molecule has 3 rings (SSSR count). The van der Waals surface area contributed by atoms with Crippen LogP contribution in [0.1, 0.15) is 32.6 Å². The molecule has 0 aliphatic heterocycles. The lowest BCUT2D eigenvalue weighted by Crippen LogP contribution is -2.51. The summed E-state index contributed by atoms with van der Waals surface area (Å²) in [6.45, 7) is 1.40. The summed E-state index contributed by atoms with van der Waals surface area (Å²) in [4.78, 5) is 4.33. The molecule has 0 radical (unpaired) electrons. The minimum absolute atomic E-state index is 0.00462. The van der Waals surface area contributed by atoms with E-state index in [0.717, 1.165) is 34.1 Å². The number of halogens is 4. The SMILES string of the molecule is Cn1cnc2c(Br)cc(O[C@H]3CC[C@@](C)(NC[C@@H](O)C(F)(F)F)CC3)cc21. The standard InChI is InChI=1S/C18H23BrF3N3O2/c1-17(24-9-15(26)18(20,21)22)5-3-11(4-6-17)27-12-7-13(19)16-14(8-12)25(2)10-23-16/h7-8,10-11,15,24,26H,3-6,9H2,1-2H3/t11-,15-,17+/m1/s1. The van der Waals surface area contributed by atoms with E-state index in [0.29, 0.717) is 12.8 Å².